The molecule has 100 valence electrons. The van der Waals surface area contributed by atoms with E-state index in [1.807, 2.05) is 12.1 Å². The number of anilines is 1. The Morgan fingerprint density at radius 2 is 1.58 bits per heavy atom. The Hall–Kier alpha value is -1.18. The van der Waals surface area contributed by atoms with Crippen molar-refractivity contribution in [3.8, 4) is 0 Å². The number of hydrogen-bond acceptors (Lipinski definition) is 1. The van der Waals surface area contributed by atoms with Crippen molar-refractivity contribution in [1.82, 2.24) is 0 Å². The Morgan fingerprint density at radius 1 is 0.947 bits per heavy atom. The molecule has 0 saturated carbocycles. The predicted octanol–water partition coefficient (Wildman–Crippen LogP) is 5.53. The summed E-state index contributed by atoms with van der Waals surface area (Å²) < 4.78 is 0. The highest BCUT2D eigenvalue weighted by Crippen LogP contribution is 2.25. The molecule has 0 bridgehead atoms. The maximum Gasteiger partial charge on any atom is 0.0456 e. The monoisotopic (exact) mass is 293 g/mol. The molecule has 0 radical (unpaired) electrons. The van der Waals surface area contributed by atoms with Crippen LogP contribution < -0.4 is 5.32 Å². The summed E-state index contributed by atoms with van der Waals surface area (Å²) in [6, 6.07) is 9.88. The number of hydrogen-bond donors (Lipinski definition) is 1. The lowest BCUT2D eigenvalue weighted by Crippen LogP contribution is -2.04. The lowest BCUT2D eigenvalue weighted by atomic mass is 10.0. The highest BCUT2D eigenvalue weighted by Gasteiger charge is 2.06. The number of aryl methyl sites for hydroxylation is 3. The summed E-state index contributed by atoms with van der Waals surface area (Å²) in [7, 11) is 0. The SMILES string of the molecule is Cc1cc(C)c(NCc2cc(Cl)ccc2Cl)c(C)c1. The minimum Gasteiger partial charge on any atom is -0.380 e. The van der Waals surface area contributed by atoms with Gasteiger partial charge in [-0.25, -0.2) is 0 Å². The third kappa shape index (κ3) is 3.43. The molecule has 0 aliphatic heterocycles. The third-order valence-electron chi connectivity index (χ3n) is 3.14. The topological polar surface area (TPSA) is 12.0 Å². The largest absolute Gasteiger partial charge is 0.380 e. The second-order valence-corrected chi connectivity index (χ2v) is 5.71. The molecule has 0 amide bonds. The third-order valence-corrected chi connectivity index (χ3v) is 3.74. The van der Waals surface area contributed by atoms with Gasteiger partial charge in [0, 0.05) is 22.3 Å². The minimum absolute atomic E-state index is 0.671. The van der Waals surface area contributed by atoms with Gasteiger partial charge in [0.05, 0.1) is 0 Å². The van der Waals surface area contributed by atoms with E-state index < -0.39 is 0 Å². The van der Waals surface area contributed by atoms with Crippen molar-refractivity contribution < 1.29 is 0 Å². The number of halogens is 2. The molecule has 0 saturated heterocycles. The van der Waals surface area contributed by atoms with Crippen LogP contribution in [0.2, 0.25) is 10.0 Å². The van der Waals surface area contributed by atoms with Gasteiger partial charge < -0.3 is 5.32 Å². The Kier molecular flexibility index (Phi) is 4.38. The van der Waals surface area contributed by atoms with E-state index in [0.29, 0.717) is 11.6 Å². The molecule has 0 aliphatic carbocycles. The smallest absolute Gasteiger partial charge is 0.0456 e. The van der Waals surface area contributed by atoms with Crippen LogP contribution in [0, 0.1) is 20.8 Å². The number of benzene rings is 2. The maximum atomic E-state index is 6.17. The normalized spacial score (nSPS) is 10.6. The van der Waals surface area contributed by atoms with E-state index in [0.717, 1.165) is 10.6 Å². The zero-order valence-electron chi connectivity index (χ0n) is 11.3. The Balaban J connectivity index is 2.21. The molecular weight excluding hydrogens is 277 g/mol. The Bertz CT molecular complexity index is 583. The van der Waals surface area contributed by atoms with Crippen LogP contribution in [0.5, 0.6) is 0 Å². The summed E-state index contributed by atoms with van der Waals surface area (Å²) in [4.78, 5) is 0. The fourth-order valence-electron chi connectivity index (χ4n) is 2.32. The van der Waals surface area contributed by atoms with Gasteiger partial charge in [-0.05, 0) is 55.7 Å². The fourth-order valence-corrected chi connectivity index (χ4v) is 2.70. The van der Waals surface area contributed by atoms with Gasteiger partial charge in [0.25, 0.3) is 0 Å². The summed E-state index contributed by atoms with van der Waals surface area (Å²) in [5.41, 5.74) is 5.95. The highest BCUT2D eigenvalue weighted by molar-refractivity contribution is 6.33. The van der Waals surface area contributed by atoms with Crippen molar-refractivity contribution in [2.75, 3.05) is 5.32 Å². The molecule has 2 rings (SSSR count). The van der Waals surface area contributed by atoms with Gasteiger partial charge in [0.1, 0.15) is 0 Å². The van der Waals surface area contributed by atoms with E-state index >= 15 is 0 Å². The van der Waals surface area contributed by atoms with E-state index in [1.54, 1.807) is 6.07 Å². The quantitative estimate of drug-likeness (QED) is 0.784. The van der Waals surface area contributed by atoms with Crippen LogP contribution in [0.15, 0.2) is 30.3 Å². The van der Waals surface area contributed by atoms with Gasteiger partial charge in [-0.2, -0.15) is 0 Å². The lowest BCUT2D eigenvalue weighted by molar-refractivity contribution is 1.13. The second kappa shape index (κ2) is 5.85. The molecular formula is C16H17Cl2N. The molecule has 1 N–H and O–H groups in total. The maximum absolute atomic E-state index is 6.17. The van der Waals surface area contributed by atoms with Gasteiger partial charge in [-0.3, -0.25) is 0 Å². The molecule has 0 atom stereocenters. The van der Waals surface area contributed by atoms with Crippen LogP contribution >= 0.6 is 23.2 Å². The van der Waals surface area contributed by atoms with Crippen molar-refractivity contribution in [3.63, 3.8) is 0 Å². The molecule has 0 heterocycles. The van der Waals surface area contributed by atoms with Crippen LogP contribution in [-0.2, 0) is 6.54 Å². The first kappa shape index (κ1) is 14.2. The van der Waals surface area contributed by atoms with E-state index in [-0.39, 0.29) is 0 Å². The highest BCUT2D eigenvalue weighted by atomic mass is 35.5. The zero-order chi connectivity index (χ0) is 14.0. The first-order valence-corrected chi connectivity index (χ1v) is 6.98. The van der Waals surface area contributed by atoms with Gasteiger partial charge in [-0.1, -0.05) is 40.9 Å². The van der Waals surface area contributed by atoms with E-state index in [2.05, 4.69) is 38.2 Å². The van der Waals surface area contributed by atoms with Crippen molar-refractivity contribution >= 4 is 28.9 Å². The molecule has 0 spiro atoms. The van der Waals surface area contributed by atoms with Gasteiger partial charge in [0.15, 0.2) is 0 Å². The minimum atomic E-state index is 0.671. The second-order valence-electron chi connectivity index (χ2n) is 4.86. The summed E-state index contributed by atoms with van der Waals surface area (Å²) >= 11 is 12.2. The average Bonchev–Trinajstić information content (AvgIpc) is 2.32. The molecule has 0 aromatic heterocycles. The van der Waals surface area contributed by atoms with Crippen molar-refractivity contribution in [1.29, 1.82) is 0 Å². The van der Waals surface area contributed by atoms with E-state index in [1.165, 1.54) is 22.4 Å². The molecule has 2 aromatic rings. The molecule has 3 heteroatoms. The first-order chi connectivity index (χ1) is 8.97. The van der Waals surface area contributed by atoms with Crippen LogP contribution in [0.4, 0.5) is 5.69 Å². The number of rotatable bonds is 3. The molecule has 1 nitrogen and oxygen atoms in total. The molecule has 2 aromatic carbocycles. The molecule has 19 heavy (non-hydrogen) atoms. The van der Waals surface area contributed by atoms with Gasteiger partial charge in [-0.15, -0.1) is 0 Å². The standard InChI is InChI=1S/C16H17Cl2N/c1-10-6-11(2)16(12(3)7-10)19-9-13-8-14(17)4-5-15(13)18/h4-8,19H,9H2,1-3H3. The van der Waals surface area contributed by atoms with Crippen LogP contribution in [0.25, 0.3) is 0 Å². The molecule has 0 unspecified atom stereocenters. The summed E-state index contributed by atoms with van der Waals surface area (Å²) in [6.45, 7) is 7.01. The lowest BCUT2D eigenvalue weighted by Gasteiger charge is -2.14. The Morgan fingerprint density at radius 3 is 2.21 bits per heavy atom. The van der Waals surface area contributed by atoms with E-state index in [9.17, 15) is 0 Å². The molecule has 0 aliphatic rings. The van der Waals surface area contributed by atoms with E-state index in [4.69, 9.17) is 23.2 Å². The van der Waals surface area contributed by atoms with Gasteiger partial charge in [0.2, 0.25) is 0 Å². The first-order valence-electron chi connectivity index (χ1n) is 6.23. The summed E-state index contributed by atoms with van der Waals surface area (Å²) in [6.07, 6.45) is 0. The summed E-state index contributed by atoms with van der Waals surface area (Å²) in [5, 5.41) is 4.89. The van der Waals surface area contributed by atoms with Crippen molar-refractivity contribution in [2.45, 2.75) is 27.3 Å². The van der Waals surface area contributed by atoms with Crippen LogP contribution in [-0.4, -0.2) is 0 Å². The van der Waals surface area contributed by atoms with Gasteiger partial charge >= 0.3 is 0 Å². The Labute approximate surface area is 124 Å². The van der Waals surface area contributed by atoms with Crippen molar-refractivity contribution in [2.24, 2.45) is 0 Å². The van der Waals surface area contributed by atoms with Crippen LogP contribution in [0.1, 0.15) is 22.3 Å². The average molecular weight is 294 g/mol. The van der Waals surface area contributed by atoms with Crippen molar-refractivity contribution in [3.05, 3.63) is 62.6 Å². The number of nitrogens with one attached hydrogen (secondary N) is 1. The fraction of sp³-hybridized carbons (Fsp3) is 0.250. The predicted molar refractivity (Wildman–Crippen MR) is 84.4 cm³/mol. The zero-order valence-corrected chi connectivity index (χ0v) is 12.9. The van der Waals surface area contributed by atoms with Crippen LogP contribution in [0.3, 0.4) is 0 Å². The summed E-state index contributed by atoms with van der Waals surface area (Å²) in [5.74, 6) is 0. The molecule has 0 fully saturated rings.